The van der Waals surface area contributed by atoms with Crippen LogP contribution in [-0.2, 0) is 11.2 Å². The van der Waals surface area contributed by atoms with Gasteiger partial charge in [-0.05, 0) is 56.0 Å². The van der Waals surface area contributed by atoms with Crippen LogP contribution < -0.4 is 4.90 Å². The molecular weight excluding hydrogens is 386 g/mol. The first-order valence-corrected chi connectivity index (χ1v) is 10.8. The van der Waals surface area contributed by atoms with Crippen LogP contribution in [0.5, 0.6) is 0 Å². The smallest absolute Gasteiger partial charge is 0.222 e. The van der Waals surface area contributed by atoms with Crippen molar-refractivity contribution in [2.75, 3.05) is 24.5 Å². The van der Waals surface area contributed by atoms with Gasteiger partial charge in [0.2, 0.25) is 5.91 Å². The number of carbonyl (C=O) groups excluding carboxylic acids is 1. The van der Waals surface area contributed by atoms with Gasteiger partial charge in [-0.3, -0.25) is 9.78 Å². The first kappa shape index (κ1) is 20.8. The molecule has 1 fully saturated rings. The number of aryl methyl sites for hydroxylation is 2. The van der Waals surface area contributed by atoms with E-state index in [1.54, 1.807) is 6.20 Å². The maximum atomic E-state index is 12.9. The molecule has 3 heterocycles. The fraction of sp³-hybridized carbons (Fsp3) is 0.360. The van der Waals surface area contributed by atoms with E-state index in [4.69, 9.17) is 0 Å². The summed E-state index contributed by atoms with van der Waals surface area (Å²) in [6.07, 6.45) is 5.82. The Balaban J connectivity index is 1.35. The molecule has 0 unspecified atom stereocenters. The fourth-order valence-electron chi connectivity index (χ4n) is 4.38. The predicted octanol–water partition coefficient (Wildman–Crippen LogP) is 3.87. The lowest BCUT2D eigenvalue weighted by molar-refractivity contribution is -0.133. The molecule has 1 saturated heterocycles. The molecule has 0 radical (unpaired) electrons. The monoisotopic (exact) mass is 413 g/mol. The fourth-order valence-corrected chi connectivity index (χ4v) is 4.38. The van der Waals surface area contributed by atoms with Crippen LogP contribution in [0.4, 0.5) is 5.82 Å². The topological polar surface area (TPSA) is 73.1 Å². The summed E-state index contributed by atoms with van der Waals surface area (Å²) in [4.78, 5) is 25.9. The molecule has 0 N–H and O–H groups in total. The highest BCUT2D eigenvalue weighted by Crippen LogP contribution is 2.23. The van der Waals surface area contributed by atoms with E-state index in [2.05, 4.69) is 40.0 Å². The summed E-state index contributed by atoms with van der Waals surface area (Å²) >= 11 is 0. The van der Waals surface area contributed by atoms with E-state index in [9.17, 15) is 10.1 Å². The van der Waals surface area contributed by atoms with Crippen molar-refractivity contribution in [1.29, 1.82) is 5.26 Å². The quantitative estimate of drug-likeness (QED) is 0.635. The van der Waals surface area contributed by atoms with Crippen molar-refractivity contribution in [2.24, 2.45) is 0 Å². The molecule has 0 spiro atoms. The van der Waals surface area contributed by atoms with Crippen LogP contribution in [0.1, 0.15) is 36.5 Å². The second kappa shape index (κ2) is 9.13. The van der Waals surface area contributed by atoms with Crippen LogP contribution in [-0.4, -0.2) is 46.5 Å². The van der Waals surface area contributed by atoms with Crippen molar-refractivity contribution in [3.63, 3.8) is 0 Å². The van der Waals surface area contributed by atoms with Crippen LogP contribution in [0.2, 0.25) is 0 Å². The summed E-state index contributed by atoms with van der Waals surface area (Å²) in [7, 11) is 0. The van der Waals surface area contributed by atoms with Gasteiger partial charge >= 0.3 is 0 Å². The van der Waals surface area contributed by atoms with Gasteiger partial charge in [-0.15, -0.1) is 0 Å². The number of hydrogen-bond acceptors (Lipinski definition) is 5. The van der Waals surface area contributed by atoms with Gasteiger partial charge in [0.05, 0.1) is 11.1 Å². The molecule has 6 nitrogen and oxygen atoms in total. The van der Waals surface area contributed by atoms with Crippen LogP contribution in [0, 0.1) is 18.3 Å². The molecular formula is C25H27N5O. The normalized spacial score (nSPS) is 16.4. The predicted molar refractivity (Wildman–Crippen MR) is 122 cm³/mol. The number of aromatic nitrogens is 2. The van der Waals surface area contributed by atoms with Crippen LogP contribution in [0.25, 0.3) is 10.9 Å². The third kappa shape index (κ3) is 4.51. The van der Waals surface area contributed by atoms with Crippen LogP contribution in [0.3, 0.4) is 0 Å². The summed E-state index contributed by atoms with van der Waals surface area (Å²) in [5, 5.41) is 10.6. The Bertz CT molecular complexity index is 1130. The minimum absolute atomic E-state index is 0.0812. The minimum Gasteiger partial charge on any atom is -0.352 e. The highest BCUT2D eigenvalue weighted by atomic mass is 16.2. The van der Waals surface area contributed by atoms with Crippen molar-refractivity contribution in [1.82, 2.24) is 14.9 Å². The van der Waals surface area contributed by atoms with Crippen molar-refractivity contribution in [3.8, 4) is 6.07 Å². The molecule has 1 aliphatic rings. The van der Waals surface area contributed by atoms with Crippen LogP contribution in [0.15, 0.2) is 48.8 Å². The molecule has 1 aromatic carbocycles. The molecule has 4 rings (SSSR count). The Morgan fingerprint density at radius 3 is 2.90 bits per heavy atom. The number of anilines is 1. The molecule has 31 heavy (non-hydrogen) atoms. The van der Waals surface area contributed by atoms with E-state index in [0.717, 1.165) is 29.7 Å². The molecule has 0 bridgehead atoms. The Morgan fingerprint density at radius 1 is 1.23 bits per heavy atom. The second-order valence-corrected chi connectivity index (χ2v) is 8.22. The first-order valence-electron chi connectivity index (χ1n) is 10.8. The van der Waals surface area contributed by atoms with E-state index in [1.165, 1.54) is 10.9 Å². The largest absolute Gasteiger partial charge is 0.352 e. The van der Waals surface area contributed by atoms with Gasteiger partial charge in [0, 0.05) is 49.9 Å². The van der Waals surface area contributed by atoms with E-state index in [-0.39, 0.29) is 11.9 Å². The summed E-state index contributed by atoms with van der Waals surface area (Å²) in [6.45, 7) is 6.03. The summed E-state index contributed by atoms with van der Waals surface area (Å²) in [5.41, 5.74) is 3.81. The van der Waals surface area contributed by atoms with Gasteiger partial charge in [0.15, 0.2) is 0 Å². The molecule has 3 aromatic rings. The van der Waals surface area contributed by atoms with Gasteiger partial charge in [-0.25, -0.2) is 4.98 Å². The Labute approximate surface area is 183 Å². The lowest BCUT2D eigenvalue weighted by atomic mass is 10.0. The molecule has 1 atom stereocenters. The van der Waals surface area contributed by atoms with Crippen LogP contribution >= 0.6 is 0 Å². The average Bonchev–Trinajstić information content (AvgIpc) is 2.79. The molecule has 0 aliphatic carbocycles. The number of pyridine rings is 2. The third-order valence-electron chi connectivity index (χ3n) is 5.94. The lowest BCUT2D eigenvalue weighted by Crippen LogP contribution is -2.54. The van der Waals surface area contributed by atoms with E-state index in [1.807, 2.05) is 42.3 Å². The lowest BCUT2D eigenvalue weighted by Gasteiger charge is -2.40. The highest BCUT2D eigenvalue weighted by Gasteiger charge is 2.28. The Hall–Kier alpha value is -3.46. The molecule has 1 amide bonds. The number of carbonyl (C=O) groups is 1. The van der Waals surface area contributed by atoms with E-state index < -0.39 is 0 Å². The number of hydrogen-bond donors (Lipinski definition) is 0. The van der Waals surface area contributed by atoms with Crippen molar-refractivity contribution < 1.29 is 4.79 Å². The molecule has 0 saturated carbocycles. The number of amides is 1. The van der Waals surface area contributed by atoms with Gasteiger partial charge in [0.25, 0.3) is 0 Å². The van der Waals surface area contributed by atoms with Gasteiger partial charge < -0.3 is 9.80 Å². The minimum atomic E-state index is 0.0812. The van der Waals surface area contributed by atoms with Crippen molar-refractivity contribution >= 4 is 22.6 Å². The Morgan fingerprint density at radius 2 is 2.10 bits per heavy atom. The van der Waals surface area contributed by atoms with Crippen molar-refractivity contribution in [2.45, 2.75) is 39.2 Å². The zero-order chi connectivity index (χ0) is 21.8. The Kier molecular flexibility index (Phi) is 6.13. The number of nitrogens with zero attached hydrogens (tertiary/aromatic N) is 5. The molecule has 158 valence electrons. The average molecular weight is 414 g/mol. The molecule has 6 heteroatoms. The first-order chi connectivity index (χ1) is 15.1. The number of fused-ring (bicyclic) bond motifs is 1. The summed E-state index contributed by atoms with van der Waals surface area (Å²) in [6, 6.07) is 14.4. The number of nitriles is 1. The second-order valence-electron chi connectivity index (χ2n) is 8.22. The zero-order valence-electron chi connectivity index (χ0n) is 18.1. The molecule has 2 aromatic heterocycles. The summed E-state index contributed by atoms with van der Waals surface area (Å²) in [5.74, 6) is 0.916. The third-order valence-corrected chi connectivity index (χ3v) is 5.94. The van der Waals surface area contributed by atoms with E-state index in [0.29, 0.717) is 31.6 Å². The standard InChI is InChI=1S/C25H27N5O/c1-18-14-21(15-26)25(28-16-18)29-12-13-30(19(2)17-29)24(31)10-4-7-20-6-3-9-23-22(20)8-5-11-27-23/h3,5-6,8-9,11,14,16,19H,4,7,10,12-13,17H2,1-2H3/t19-/m0/s1. The van der Waals surface area contributed by atoms with Gasteiger partial charge in [0.1, 0.15) is 11.9 Å². The number of rotatable bonds is 5. The van der Waals surface area contributed by atoms with Crippen molar-refractivity contribution in [3.05, 3.63) is 65.5 Å². The van der Waals surface area contributed by atoms with Gasteiger partial charge in [-0.2, -0.15) is 5.26 Å². The summed E-state index contributed by atoms with van der Waals surface area (Å²) < 4.78 is 0. The maximum Gasteiger partial charge on any atom is 0.222 e. The maximum absolute atomic E-state index is 12.9. The zero-order valence-corrected chi connectivity index (χ0v) is 18.1. The highest BCUT2D eigenvalue weighted by molar-refractivity contribution is 5.82. The molecule has 1 aliphatic heterocycles. The SMILES string of the molecule is Cc1cnc(N2CCN(C(=O)CCCc3cccc4ncccc34)[C@@H](C)C2)c(C#N)c1. The number of benzene rings is 1. The number of piperazine rings is 1. The van der Waals surface area contributed by atoms with E-state index >= 15 is 0 Å². The van der Waals surface area contributed by atoms with Gasteiger partial charge in [-0.1, -0.05) is 18.2 Å².